The van der Waals surface area contributed by atoms with Gasteiger partial charge in [0, 0.05) is 30.8 Å². The lowest BCUT2D eigenvalue weighted by Crippen LogP contribution is -2.49. The molecule has 1 fully saturated rings. The summed E-state index contributed by atoms with van der Waals surface area (Å²) < 4.78 is 5.44. The van der Waals surface area contributed by atoms with Crippen molar-refractivity contribution < 1.29 is 14.4 Å². The van der Waals surface area contributed by atoms with Crippen LogP contribution in [0.3, 0.4) is 0 Å². The van der Waals surface area contributed by atoms with E-state index in [0.29, 0.717) is 24.8 Å². The Morgan fingerprint density at radius 1 is 1.10 bits per heavy atom. The molecule has 2 heterocycles. The van der Waals surface area contributed by atoms with E-state index in [1.165, 1.54) is 5.56 Å². The van der Waals surface area contributed by atoms with Gasteiger partial charge in [0.2, 0.25) is 5.82 Å². The molecule has 29 heavy (non-hydrogen) atoms. The number of benzene rings is 2. The number of carboxylic acids is 1. The van der Waals surface area contributed by atoms with Gasteiger partial charge in [0.05, 0.1) is 5.92 Å². The maximum atomic E-state index is 10.9. The second-order valence-corrected chi connectivity index (χ2v) is 7.68. The minimum absolute atomic E-state index is 0.234. The van der Waals surface area contributed by atoms with E-state index in [4.69, 9.17) is 9.63 Å². The first-order valence-corrected chi connectivity index (χ1v) is 9.60. The number of aromatic nitrogens is 2. The van der Waals surface area contributed by atoms with Crippen molar-refractivity contribution >= 4 is 5.97 Å². The Kier molecular flexibility index (Phi) is 5.27. The second kappa shape index (κ2) is 8.01. The summed E-state index contributed by atoms with van der Waals surface area (Å²) in [6.45, 7) is 7.92. The number of rotatable bonds is 7. The average molecular weight is 389 g/mol. The third-order valence-corrected chi connectivity index (χ3v) is 5.06. The van der Waals surface area contributed by atoms with Crippen LogP contribution >= 0.6 is 0 Å². The van der Waals surface area contributed by atoms with Gasteiger partial charge in [-0.1, -0.05) is 53.7 Å². The van der Waals surface area contributed by atoms with Crippen molar-refractivity contribution in [1.82, 2.24) is 15.0 Å². The van der Waals surface area contributed by atoms with Crippen LogP contribution in [0.5, 0.6) is 0 Å². The van der Waals surface area contributed by atoms with Crippen molar-refractivity contribution in [1.29, 1.82) is 0 Å². The molecular weight excluding hydrogens is 366 g/mol. The number of carbonyl (C=O) groups is 1. The number of allylic oxidation sites excluding steroid dienone is 1. The predicted octanol–water partition coefficient (Wildman–Crippen LogP) is 4.04. The molecule has 0 unspecified atom stereocenters. The summed E-state index contributed by atoms with van der Waals surface area (Å²) >= 11 is 0. The van der Waals surface area contributed by atoms with Crippen LogP contribution in [0.4, 0.5) is 0 Å². The fourth-order valence-corrected chi connectivity index (χ4v) is 3.44. The predicted molar refractivity (Wildman–Crippen MR) is 110 cm³/mol. The Morgan fingerprint density at radius 3 is 2.34 bits per heavy atom. The van der Waals surface area contributed by atoms with E-state index >= 15 is 0 Å². The molecule has 0 radical (unpaired) electrons. The Balaban J connectivity index is 1.40. The van der Waals surface area contributed by atoms with Crippen LogP contribution in [0, 0.1) is 5.92 Å². The first-order chi connectivity index (χ1) is 14.0. The fourth-order valence-electron chi connectivity index (χ4n) is 3.44. The van der Waals surface area contributed by atoms with Gasteiger partial charge in [0.1, 0.15) is 0 Å². The minimum Gasteiger partial charge on any atom is -0.481 e. The summed E-state index contributed by atoms with van der Waals surface area (Å²) in [6.07, 6.45) is 0.857. The molecular formula is C23H23N3O3. The summed E-state index contributed by atoms with van der Waals surface area (Å²) in [7, 11) is 0. The largest absolute Gasteiger partial charge is 0.481 e. The summed E-state index contributed by atoms with van der Waals surface area (Å²) in [5, 5.41) is 13.1. The highest BCUT2D eigenvalue weighted by atomic mass is 16.5. The maximum Gasteiger partial charge on any atom is 0.309 e. The molecule has 1 N–H and O–H groups in total. The first kappa shape index (κ1) is 19.1. The van der Waals surface area contributed by atoms with Crippen molar-refractivity contribution in [3.63, 3.8) is 0 Å². The molecule has 0 saturated carbocycles. The second-order valence-electron chi connectivity index (χ2n) is 7.68. The summed E-state index contributed by atoms with van der Waals surface area (Å²) in [5.74, 6) is 0.0931. The van der Waals surface area contributed by atoms with Crippen LogP contribution in [0.15, 0.2) is 65.2 Å². The minimum atomic E-state index is -0.713. The van der Waals surface area contributed by atoms with Crippen LogP contribution in [-0.2, 0) is 17.8 Å². The highest BCUT2D eigenvalue weighted by Crippen LogP contribution is 2.24. The average Bonchev–Trinajstić information content (AvgIpc) is 3.15. The smallest absolute Gasteiger partial charge is 0.309 e. The highest BCUT2D eigenvalue weighted by Gasteiger charge is 2.32. The summed E-state index contributed by atoms with van der Waals surface area (Å²) in [6, 6.07) is 16.0. The van der Waals surface area contributed by atoms with E-state index in [-0.39, 0.29) is 5.92 Å². The number of likely N-dealkylation sites (tertiary alicyclic amines) is 1. The Morgan fingerprint density at radius 2 is 1.72 bits per heavy atom. The molecule has 0 atom stereocenters. The molecule has 1 aliphatic rings. The van der Waals surface area contributed by atoms with Gasteiger partial charge >= 0.3 is 5.97 Å². The van der Waals surface area contributed by atoms with Crippen molar-refractivity contribution in [3.05, 3.63) is 71.8 Å². The van der Waals surface area contributed by atoms with Crippen LogP contribution in [0.25, 0.3) is 22.8 Å². The summed E-state index contributed by atoms with van der Waals surface area (Å²) in [4.78, 5) is 17.5. The molecule has 1 saturated heterocycles. The normalized spacial score (nSPS) is 14.5. The Labute approximate surface area is 169 Å². The summed E-state index contributed by atoms with van der Waals surface area (Å²) in [5.41, 5.74) is 5.23. The SMILES string of the molecule is C=C(C)Cc1ccc(-c2nc(-c3ccc(CN4CC(C(=O)O)C4)cc3)no2)cc1. The van der Waals surface area contributed by atoms with Crippen molar-refractivity contribution in [2.75, 3.05) is 13.1 Å². The van der Waals surface area contributed by atoms with Gasteiger partial charge in [-0.2, -0.15) is 4.98 Å². The third-order valence-electron chi connectivity index (χ3n) is 5.06. The number of hydrogen-bond acceptors (Lipinski definition) is 5. The van der Waals surface area contributed by atoms with Gasteiger partial charge in [-0.3, -0.25) is 9.69 Å². The molecule has 4 rings (SSSR count). The Bertz CT molecular complexity index is 1020. The molecule has 0 aliphatic carbocycles. The van der Waals surface area contributed by atoms with E-state index in [0.717, 1.165) is 35.2 Å². The molecule has 3 aromatic rings. The lowest BCUT2D eigenvalue weighted by Gasteiger charge is -2.36. The van der Waals surface area contributed by atoms with Crippen molar-refractivity contribution in [2.45, 2.75) is 19.9 Å². The first-order valence-electron chi connectivity index (χ1n) is 9.60. The van der Waals surface area contributed by atoms with E-state index < -0.39 is 5.97 Å². The van der Waals surface area contributed by atoms with Gasteiger partial charge in [0.25, 0.3) is 5.89 Å². The molecule has 2 aromatic carbocycles. The fraction of sp³-hybridized carbons (Fsp3) is 0.261. The van der Waals surface area contributed by atoms with Gasteiger partial charge in [-0.05, 0) is 36.6 Å². The molecule has 1 aromatic heterocycles. The van der Waals surface area contributed by atoms with E-state index in [2.05, 4.69) is 21.6 Å². The standard InChI is InChI=1S/C23H23N3O3/c1-15(2)11-16-3-9-19(10-4-16)22-24-21(25-29-22)18-7-5-17(6-8-18)12-26-13-20(14-26)23(27)28/h3-10,20H,1,11-14H2,2H3,(H,27,28). The molecule has 148 valence electrons. The van der Waals surface area contributed by atoms with E-state index in [9.17, 15) is 4.79 Å². The van der Waals surface area contributed by atoms with E-state index in [1.54, 1.807) is 0 Å². The number of nitrogens with zero attached hydrogens (tertiary/aromatic N) is 3. The van der Waals surface area contributed by atoms with Crippen molar-refractivity contribution in [2.24, 2.45) is 5.92 Å². The number of hydrogen-bond donors (Lipinski definition) is 1. The quantitative estimate of drug-likeness (QED) is 0.615. The molecule has 0 bridgehead atoms. The maximum absolute atomic E-state index is 10.9. The Hall–Kier alpha value is -3.25. The van der Waals surface area contributed by atoms with Crippen LogP contribution in [-0.4, -0.2) is 39.2 Å². The van der Waals surface area contributed by atoms with Gasteiger partial charge < -0.3 is 9.63 Å². The van der Waals surface area contributed by atoms with Crippen LogP contribution < -0.4 is 0 Å². The lowest BCUT2D eigenvalue weighted by atomic mass is 9.99. The zero-order valence-electron chi connectivity index (χ0n) is 16.3. The van der Waals surface area contributed by atoms with Gasteiger partial charge in [0.15, 0.2) is 0 Å². The number of carboxylic acid groups (broad SMARTS) is 1. The third kappa shape index (κ3) is 4.43. The molecule has 1 aliphatic heterocycles. The molecule has 0 amide bonds. The molecule has 6 nitrogen and oxygen atoms in total. The van der Waals surface area contributed by atoms with Gasteiger partial charge in [-0.25, -0.2) is 0 Å². The monoisotopic (exact) mass is 389 g/mol. The van der Waals surface area contributed by atoms with E-state index in [1.807, 2.05) is 55.5 Å². The molecule has 0 spiro atoms. The van der Waals surface area contributed by atoms with Crippen LogP contribution in [0.2, 0.25) is 0 Å². The zero-order valence-corrected chi connectivity index (χ0v) is 16.3. The topological polar surface area (TPSA) is 79.5 Å². The van der Waals surface area contributed by atoms with Crippen molar-refractivity contribution in [3.8, 4) is 22.8 Å². The zero-order chi connectivity index (χ0) is 20.4. The molecule has 6 heteroatoms. The number of aliphatic carboxylic acids is 1. The van der Waals surface area contributed by atoms with Crippen LogP contribution in [0.1, 0.15) is 18.1 Å². The van der Waals surface area contributed by atoms with Gasteiger partial charge in [-0.15, -0.1) is 0 Å². The lowest BCUT2D eigenvalue weighted by molar-refractivity contribution is -0.147. The highest BCUT2D eigenvalue weighted by molar-refractivity contribution is 5.71.